The quantitative estimate of drug-likeness (QED) is 0.374. The molecule has 1 fully saturated rings. The van der Waals surface area contributed by atoms with Crippen LogP contribution in [0.1, 0.15) is 50.8 Å². The summed E-state index contributed by atoms with van der Waals surface area (Å²) in [6.45, 7) is 9.68. The lowest BCUT2D eigenvalue weighted by Crippen LogP contribution is -2.36. The van der Waals surface area contributed by atoms with Gasteiger partial charge >= 0.3 is 0 Å². The Bertz CT molecular complexity index is 760. The molecule has 2 aromatic heterocycles. The summed E-state index contributed by atoms with van der Waals surface area (Å²) in [6.07, 6.45) is 6.24. The minimum atomic E-state index is -0.0423. The van der Waals surface area contributed by atoms with E-state index in [9.17, 15) is 0 Å². The van der Waals surface area contributed by atoms with Gasteiger partial charge in [-0.15, -0.1) is 24.0 Å². The van der Waals surface area contributed by atoms with Gasteiger partial charge in [0.2, 0.25) is 5.89 Å². The van der Waals surface area contributed by atoms with E-state index >= 15 is 0 Å². The van der Waals surface area contributed by atoms with Gasteiger partial charge in [0.15, 0.2) is 5.96 Å². The molecule has 2 aromatic rings. The third-order valence-corrected chi connectivity index (χ3v) is 4.62. The highest BCUT2D eigenvalue weighted by molar-refractivity contribution is 14.0. The molecular formula is C20H31IN6O. The van der Waals surface area contributed by atoms with Crippen LogP contribution in [0.5, 0.6) is 0 Å². The van der Waals surface area contributed by atoms with Crippen LogP contribution >= 0.6 is 24.0 Å². The van der Waals surface area contributed by atoms with E-state index in [0.717, 1.165) is 30.2 Å². The van der Waals surface area contributed by atoms with Crippen LogP contribution in [-0.2, 0) is 18.5 Å². The summed E-state index contributed by atoms with van der Waals surface area (Å²) in [4.78, 5) is 15.5. The fraction of sp³-hybridized carbons (Fsp3) is 0.550. The number of rotatable bonds is 5. The molecule has 1 aliphatic rings. The highest BCUT2D eigenvalue weighted by atomic mass is 127. The Kier molecular flexibility index (Phi) is 8.09. The molecule has 0 atom stereocenters. The molecule has 1 aliphatic heterocycles. The summed E-state index contributed by atoms with van der Waals surface area (Å²) in [5, 5.41) is 6.53. The molecule has 0 spiro atoms. The van der Waals surface area contributed by atoms with Gasteiger partial charge in [-0.25, -0.2) is 9.97 Å². The first kappa shape index (κ1) is 22.4. The predicted octanol–water partition coefficient (Wildman–Crippen LogP) is 3.45. The molecule has 0 amide bonds. The van der Waals surface area contributed by atoms with Crippen LogP contribution in [0.15, 0.2) is 33.9 Å². The van der Waals surface area contributed by atoms with Gasteiger partial charge in [-0.05, 0) is 24.5 Å². The van der Waals surface area contributed by atoms with Gasteiger partial charge in [-0.2, -0.15) is 0 Å². The van der Waals surface area contributed by atoms with Crippen molar-refractivity contribution in [2.24, 2.45) is 4.99 Å². The van der Waals surface area contributed by atoms with E-state index < -0.39 is 0 Å². The minimum Gasteiger partial charge on any atom is -0.443 e. The topological polar surface area (TPSA) is 78.6 Å². The number of halogens is 1. The number of aliphatic imine (C=N–C) groups is 1. The molecule has 28 heavy (non-hydrogen) atoms. The van der Waals surface area contributed by atoms with Crippen molar-refractivity contribution in [1.82, 2.24) is 20.6 Å². The molecule has 3 rings (SSSR count). The van der Waals surface area contributed by atoms with Crippen molar-refractivity contribution in [3.63, 3.8) is 0 Å². The molecule has 0 aromatic carbocycles. The number of nitrogens with zero attached hydrogens (tertiary/aromatic N) is 4. The van der Waals surface area contributed by atoms with Crippen molar-refractivity contribution in [1.29, 1.82) is 0 Å². The highest BCUT2D eigenvalue weighted by Crippen LogP contribution is 2.22. The number of guanidine groups is 1. The smallest absolute Gasteiger partial charge is 0.213 e. The number of pyridine rings is 1. The Morgan fingerprint density at radius 1 is 1.11 bits per heavy atom. The van der Waals surface area contributed by atoms with E-state index in [1.807, 2.05) is 6.20 Å². The molecule has 0 radical (unpaired) electrons. The molecule has 8 heteroatoms. The van der Waals surface area contributed by atoms with Gasteiger partial charge < -0.3 is 20.0 Å². The Morgan fingerprint density at radius 2 is 1.82 bits per heavy atom. The van der Waals surface area contributed by atoms with Gasteiger partial charge in [0.25, 0.3) is 0 Å². The SMILES string of the molecule is CN=C(NCc1ccc(N2CCCC2)nc1)NCc1ncc(C(C)(C)C)o1.I. The largest absolute Gasteiger partial charge is 0.443 e. The lowest BCUT2D eigenvalue weighted by atomic mass is 9.94. The zero-order chi connectivity index (χ0) is 19.3. The molecule has 7 nitrogen and oxygen atoms in total. The van der Waals surface area contributed by atoms with E-state index in [1.165, 1.54) is 12.8 Å². The normalized spacial score (nSPS) is 14.7. The molecule has 0 unspecified atom stereocenters. The maximum atomic E-state index is 5.80. The third-order valence-electron chi connectivity index (χ3n) is 4.62. The van der Waals surface area contributed by atoms with Crippen LogP contribution < -0.4 is 15.5 Å². The van der Waals surface area contributed by atoms with Crippen molar-refractivity contribution in [2.45, 2.75) is 52.1 Å². The summed E-state index contributed by atoms with van der Waals surface area (Å²) in [5.74, 6) is 3.30. The summed E-state index contributed by atoms with van der Waals surface area (Å²) >= 11 is 0. The van der Waals surface area contributed by atoms with E-state index in [2.05, 4.69) is 63.4 Å². The summed E-state index contributed by atoms with van der Waals surface area (Å²) < 4.78 is 5.80. The minimum absolute atomic E-state index is 0. The predicted molar refractivity (Wildman–Crippen MR) is 123 cm³/mol. The first-order valence-electron chi connectivity index (χ1n) is 9.55. The highest BCUT2D eigenvalue weighted by Gasteiger charge is 2.19. The number of aromatic nitrogens is 2. The third kappa shape index (κ3) is 6.08. The number of oxazole rings is 1. The van der Waals surface area contributed by atoms with Crippen molar-refractivity contribution < 1.29 is 4.42 Å². The van der Waals surface area contributed by atoms with Crippen LogP contribution in [0.4, 0.5) is 5.82 Å². The lowest BCUT2D eigenvalue weighted by Gasteiger charge is -2.16. The molecule has 0 bridgehead atoms. The Hall–Kier alpha value is -1.84. The van der Waals surface area contributed by atoms with Crippen molar-refractivity contribution in [2.75, 3.05) is 25.0 Å². The van der Waals surface area contributed by atoms with Crippen molar-refractivity contribution in [3.05, 3.63) is 41.7 Å². The molecule has 3 heterocycles. The molecule has 2 N–H and O–H groups in total. The monoisotopic (exact) mass is 498 g/mol. The zero-order valence-corrected chi connectivity index (χ0v) is 19.5. The number of anilines is 1. The zero-order valence-electron chi connectivity index (χ0n) is 17.2. The van der Waals surface area contributed by atoms with E-state index in [-0.39, 0.29) is 29.4 Å². The van der Waals surface area contributed by atoms with E-state index in [0.29, 0.717) is 24.9 Å². The van der Waals surface area contributed by atoms with Crippen LogP contribution in [-0.4, -0.2) is 36.1 Å². The van der Waals surface area contributed by atoms with Gasteiger partial charge in [-0.3, -0.25) is 4.99 Å². The first-order valence-corrected chi connectivity index (χ1v) is 9.55. The number of hydrogen-bond acceptors (Lipinski definition) is 5. The van der Waals surface area contributed by atoms with Gasteiger partial charge in [0.1, 0.15) is 11.6 Å². The maximum Gasteiger partial charge on any atom is 0.213 e. The molecule has 1 saturated heterocycles. The number of hydrogen-bond donors (Lipinski definition) is 2. The second-order valence-electron chi connectivity index (χ2n) is 7.87. The molecule has 0 saturated carbocycles. The molecular weight excluding hydrogens is 467 g/mol. The average Bonchev–Trinajstić information content (AvgIpc) is 3.34. The van der Waals surface area contributed by atoms with Crippen LogP contribution in [0.2, 0.25) is 0 Å². The lowest BCUT2D eigenvalue weighted by molar-refractivity contribution is 0.379. The van der Waals surface area contributed by atoms with Gasteiger partial charge in [0.05, 0.1) is 12.7 Å². The fourth-order valence-corrected chi connectivity index (χ4v) is 2.96. The van der Waals surface area contributed by atoms with Crippen LogP contribution in [0.3, 0.4) is 0 Å². The average molecular weight is 498 g/mol. The van der Waals surface area contributed by atoms with E-state index in [1.54, 1.807) is 13.2 Å². The standard InChI is InChI=1S/C20H30N6O.HI/c1-20(2,3)16-13-23-18(27-16)14-25-19(21-4)24-12-15-7-8-17(22-11-15)26-9-5-6-10-26;/h7-8,11,13H,5-6,9-10,12,14H2,1-4H3,(H2,21,24,25);1H. The van der Waals surface area contributed by atoms with Crippen molar-refractivity contribution >= 4 is 35.8 Å². The summed E-state index contributed by atoms with van der Waals surface area (Å²) in [7, 11) is 1.75. The second kappa shape index (κ2) is 10.1. The Labute approximate surface area is 184 Å². The Balaban J connectivity index is 0.00000280. The van der Waals surface area contributed by atoms with Crippen LogP contribution in [0.25, 0.3) is 0 Å². The summed E-state index contributed by atoms with van der Waals surface area (Å²) in [5.41, 5.74) is 1.08. The molecule has 0 aliphatic carbocycles. The number of nitrogens with one attached hydrogen (secondary N) is 2. The summed E-state index contributed by atoms with van der Waals surface area (Å²) in [6, 6.07) is 4.21. The van der Waals surface area contributed by atoms with Gasteiger partial charge in [0, 0.05) is 38.3 Å². The second-order valence-corrected chi connectivity index (χ2v) is 7.87. The van der Waals surface area contributed by atoms with Crippen LogP contribution in [0, 0.1) is 0 Å². The van der Waals surface area contributed by atoms with Gasteiger partial charge in [-0.1, -0.05) is 26.8 Å². The fourth-order valence-electron chi connectivity index (χ4n) is 2.96. The molecule has 154 valence electrons. The Morgan fingerprint density at radius 3 is 2.39 bits per heavy atom. The van der Waals surface area contributed by atoms with E-state index in [4.69, 9.17) is 4.42 Å². The van der Waals surface area contributed by atoms with Crippen molar-refractivity contribution in [3.8, 4) is 0 Å². The maximum absolute atomic E-state index is 5.80. The first-order chi connectivity index (χ1) is 13.0.